The molecule has 0 N–H and O–H groups in total. The average Bonchev–Trinajstić information content (AvgIpc) is 2.33. The van der Waals surface area contributed by atoms with Crippen LogP contribution in [-0.2, 0) is 19.1 Å². The quantitative estimate of drug-likeness (QED) is 0.427. The van der Waals surface area contributed by atoms with Crippen molar-refractivity contribution >= 4 is 11.9 Å². The molecule has 0 heterocycles. The lowest BCUT2D eigenvalue weighted by atomic mass is 9.83. The predicted molar refractivity (Wildman–Crippen MR) is 67.8 cm³/mol. The molecule has 0 saturated carbocycles. The molecule has 0 amide bonds. The number of carbonyl (C=O) groups excluding carboxylic acids is 2. The maximum Gasteiger partial charge on any atom is 0.338 e. The predicted octanol–water partition coefficient (Wildman–Crippen LogP) is 2.32. The third-order valence-electron chi connectivity index (χ3n) is 2.98. The minimum Gasteiger partial charge on any atom is -0.459 e. The van der Waals surface area contributed by atoms with Crippen molar-refractivity contribution in [1.82, 2.24) is 0 Å². The van der Waals surface area contributed by atoms with Gasteiger partial charge in [-0.3, -0.25) is 0 Å². The molecule has 1 aliphatic carbocycles. The van der Waals surface area contributed by atoms with Gasteiger partial charge < -0.3 is 9.47 Å². The highest BCUT2D eigenvalue weighted by atomic mass is 16.6. The fourth-order valence-corrected chi connectivity index (χ4v) is 1.65. The van der Waals surface area contributed by atoms with Crippen LogP contribution in [0.4, 0.5) is 0 Å². The number of hydrogen-bond acceptors (Lipinski definition) is 4. The molecule has 0 fully saturated rings. The molecule has 0 atom stereocenters. The van der Waals surface area contributed by atoms with E-state index in [0.29, 0.717) is 11.1 Å². The van der Waals surface area contributed by atoms with E-state index in [-0.39, 0.29) is 19.2 Å². The summed E-state index contributed by atoms with van der Waals surface area (Å²) < 4.78 is 9.84. The van der Waals surface area contributed by atoms with E-state index in [1.54, 1.807) is 6.92 Å². The summed E-state index contributed by atoms with van der Waals surface area (Å²) in [4.78, 5) is 22.8. The summed E-state index contributed by atoms with van der Waals surface area (Å²) >= 11 is 0. The Bertz CT molecular complexity index is 466. The largest absolute Gasteiger partial charge is 0.459 e. The fraction of sp³-hybridized carbons (Fsp3) is 0.429. The summed E-state index contributed by atoms with van der Waals surface area (Å²) in [6.07, 6.45) is 0. The van der Waals surface area contributed by atoms with Gasteiger partial charge in [0.1, 0.15) is 13.2 Å². The Balaban J connectivity index is 2.32. The molecule has 0 spiro atoms. The van der Waals surface area contributed by atoms with Gasteiger partial charge in [-0.05, 0) is 44.4 Å². The van der Waals surface area contributed by atoms with E-state index in [4.69, 9.17) is 9.47 Å². The summed E-state index contributed by atoms with van der Waals surface area (Å²) in [5.41, 5.74) is 4.04. The van der Waals surface area contributed by atoms with Gasteiger partial charge in [-0.25, -0.2) is 9.59 Å². The van der Waals surface area contributed by atoms with Gasteiger partial charge in [0.05, 0.1) is 5.57 Å². The van der Waals surface area contributed by atoms with Crippen molar-refractivity contribution in [2.45, 2.75) is 27.7 Å². The highest BCUT2D eigenvalue weighted by Crippen LogP contribution is 2.34. The van der Waals surface area contributed by atoms with Crippen molar-refractivity contribution in [1.29, 1.82) is 0 Å². The highest BCUT2D eigenvalue weighted by Gasteiger charge is 2.26. The topological polar surface area (TPSA) is 52.6 Å². The number of allylic oxidation sites excluding steroid dienone is 2. The molecule has 0 aromatic carbocycles. The molecule has 0 radical (unpaired) electrons. The molecule has 0 aromatic rings. The Morgan fingerprint density at radius 1 is 1.00 bits per heavy atom. The summed E-state index contributed by atoms with van der Waals surface area (Å²) in [5, 5.41) is 0. The zero-order chi connectivity index (χ0) is 13.9. The first kappa shape index (κ1) is 14.2. The summed E-state index contributed by atoms with van der Waals surface area (Å²) in [6, 6.07) is 0. The second-order valence-electron chi connectivity index (χ2n) is 4.30. The smallest absolute Gasteiger partial charge is 0.338 e. The SMILES string of the molecule is C=C(C)C(=O)OCCOC(=O)C1=C(C)C(C)=C1C. The molecular formula is C14H18O4. The summed E-state index contributed by atoms with van der Waals surface area (Å²) in [5.74, 6) is -0.834. The highest BCUT2D eigenvalue weighted by molar-refractivity contribution is 5.98. The molecule has 0 unspecified atom stereocenters. The van der Waals surface area contributed by atoms with E-state index < -0.39 is 5.97 Å². The minimum absolute atomic E-state index is 0.0471. The fourth-order valence-electron chi connectivity index (χ4n) is 1.65. The lowest BCUT2D eigenvalue weighted by molar-refractivity contribution is -0.147. The minimum atomic E-state index is -0.475. The van der Waals surface area contributed by atoms with Gasteiger partial charge in [-0.2, -0.15) is 0 Å². The van der Waals surface area contributed by atoms with Crippen molar-refractivity contribution in [2.75, 3.05) is 13.2 Å². The molecule has 1 aliphatic rings. The van der Waals surface area contributed by atoms with Crippen LogP contribution in [0.2, 0.25) is 0 Å². The maximum atomic E-state index is 11.7. The molecular weight excluding hydrogens is 232 g/mol. The second-order valence-corrected chi connectivity index (χ2v) is 4.30. The van der Waals surface area contributed by atoms with Crippen LogP contribution in [-0.4, -0.2) is 25.2 Å². The van der Waals surface area contributed by atoms with Gasteiger partial charge in [-0.15, -0.1) is 0 Å². The van der Waals surface area contributed by atoms with Crippen molar-refractivity contribution in [2.24, 2.45) is 0 Å². The van der Waals surface area contributed by atoms with Crippen molar-refractivity contribution in [3.63, 3.8) is 0 Å². The Hall–Kier alpha value is -1.84. The zero-order valence-corrected chi connectivity index (χ0v) is 11.3. The third kappa shape index (κ3) is 2.88. The Kier molecular flexibility index (Phi) is 4.48. The first-order valence-electron chi connectivity index (χ1n) is 5.75. The summed E-state index contributed by atoms with van der Waals surface area (Å²) in [7, 11) is 0. The van der Waals surface area contributed by atoms with E-state index in [1.165, 1.54) is 0 Å². The van der Waals surface area contributed by atoms with Crippen LogP contribution in [0.15, 0.2) is 34.4 Å². The zero-order valence-electron chi connectivity index (χ0n) is 11.3. The molecule has 98 valence electrons. The summed E-state index contributed by atoms with van der Waals surface area (Å²) in [6.45, 7) is 10.9. The molecule has 4 nitrogen and oxygen atoms in total. The molecule has 0 bridgehead atoms. The molecule has 0 aromatic heterocycles. The third-order valence-corrected chi connectivity index (χ3v) is 2.98. The first-order chi connectivity index (χ1) is 8.36. The van der Waals surface area contributed by atoms with Crippen LogP contribution in [0.25, 0.3) is 0 Å². The number of carbonyl (C=O) groups is 2. The first-order valence-corrected chi connectivity index (χ1v) is 5.75. The molecule has 4 heteroatoms. The Morgan fingerprint density at radius 2 is 1.56 bits per heavy atom. The Morgan fingerprint density at radius 3 is 2.06 bits per heavy atom. The number of esters is 2. The number of ether oxygens (including phenoxy) is 2. The van der Waals surface area contributed by atoms with Crippen LogP contribution >= 0.6 is 0 Å². The van der Waals surface area contributed by atoms with Crippen LogP contribution in [0.3, 0.4) is 0 Å². The van der Waals surface area contributed by atoms with Crippen molar-refractivity contribution < 1.29 is 19.1 Å². The van der Waals surface area contributed by atoms with Crippen LogP contribution in [0.1, 0.15) is 27.7 Å². The van der Waals surface area contributed by atoms with E-state index in [2.05, 4.69) is 6.58 Å². The maximum absolute atomic E-state index is 11.7. The van der Waals surface area contributed by atoms with E-state index >= 15 is 0 Å². The number of hydrogen-bond donors (Lipinski definition) is 0. The number of rotatable bonds is 5. The molecule has 0 saturated heterocycles. The lowest BCUT2D eigenvalue weighted by Crippen LogP contribution is -2.20. The second kappa shape index (κ2) is 5.67. The molecule has 1 rings (SSSR count). The van der Waals surface area contributed by atoms with Gasteiger partial charge in [-0.1, -0.05) is 6.58 Å². The van der Waals surface area contributed by atoms with Gasteiger partial charge in [0, 0.05) is 5.57 Å². The van der Waals surface area contributed by atoms with Gasteiger partial charge >= 0.3 is 11.9 Å². The normalized spacial score (nSPS) is 14.2. The van der Waals surface area contributed by atoms with Crippen LogP contribution in [0, 0.1) is 0 Å². The van der Waals surface area contributed by atoms with Gasteiger partial charge in [0.2, 0.25) is 0 Å². The van der Waals surface area contributed by atoms with Crippen molar-refractivity contribution in [3.05, 3.63) is 34.4 Å². The standard InChI is InChI=1S/C14H18O4/c1-8(2)13(15)17-6-7-18-14(16)12-10(4)9(3)11(12)5/h1,6-7H2,2-5H3. The van der Waals surface area contributed by atoms with E-state index in [9.17, 15) is 9.59 Å². The van der Waals surface area contributed by atoms with Gasteiger partial charge in [0.15, 0.2) is 0 Å². The van der Waals surface area contributed by atoms with Gasteiger partial charge in [0.25, 0.3) is 0 Å². The van der Waals surface area contributed by atoms with E-state index in [0.717, 1.165) is 16.7 Å². The van der Waals surface area contributed by atoms with Crippen LogP contribution in [0.5, 0.6) is 0 Å². The molecule has 18 heavy (non-hydrogen) atoms. The van der Waals surface area contributed by atoms with Crippen LogP contribution < -0.4 is 0 Å². The van der Waals surface area contributed by atoms with Crippen molar-refractivity contribution in [3.8, 4) is 0 Å². The monoisotopic (exact) mass is 250 g/mol. The van der Waals surface area contributed by atoms with E-state index in [1.807, 2.05) is 20.8 Å². The molecule has 0 aliphatic heterocycles. The lowest BCUT2D eigenvalue weighted by Gasteiger charge is -2.23. The average molecular weight is 250 g/mol. The Labute approximate surface area is 107 Å².